The van der Waals surface area contributed by atoms with Gasteiger partial charge in [0.25, 0.3) is 10.0 Å². The van der Waals surface area contributed by atoms with Crippen molar-refractivity contribution in [3.05, 3.63) is 78.2 Å². The second-order valence-electron chi connectivity index (χ2n) is 9.86. The standard InChI is InChI=1S/C30H30F3N3O5S/c1-39-28-18-22-25(19-29(28)40-15-5-14-36-12-3-2-4-13-36)34-11-10-26(22)41-27-9-7-21(17-24(27)33)35-42(37,38)30-16-20(31)6-8-23(30)32/h6-11,16-19,35H,2-5,12-15H2,1H3. The van der Waals surface area contributed by atoms with Crippen LogP contribution in [0.2, 0.25) is 0 Å². The van der Waals surface area contributed by atoms with Gasteiger partial charge in [-0.05, 0) is 74.8 Å². The fourth-order valence-corrected chi connectivity index (χ4v) is 5.94. The molecule has 0 aliphatic carbocycles. The number of nitrogens with one attached hydrogen (secondary N) is 1. The van der Waals surface area contributed by atoms with Crippen LogP contribution >= 0.6 is 0 Å². The Morgan fingerprint density at radius 2 is 1.69 bits per heavy atom. The predicted octanol–water partition coefficient (Wildman–Crippen LogP) is 6.51. The number of halogens is 3. The monoisotopic (exact) mass is 601 g/mol. The van der Waals surface area contributed by atoms with E-state index in [1.165, 1.54) is 44.7 Å². The number of fused-ring (bicyclic) bond motifs is 1. The van der Waals surface area contributed by atoms with E-state index < -0.39 is 32.4 Å². The van der Waals surface area contributed by atoms with E-state index in [0.717, 1.165) is 38.2 Å². The maximum absolute atomic E-state index is 15.0. The van der Waals surface area contributed by atoms with Crippen molar-refractivity contribution in [3.63, 3.8) is 0 Å². The normalized spacial score (nSPS) is 14.1. The molecule has 3 aromatic carbocycles. The Kier molecular flexibility index (Phi) is 9.03. The molecular weight excluding hydrogens is 571 g/mol. The molecule has 1 aliphatic rings. The summed E-state index contributed by atoms with van der Waals surface area (Å²) in [6, 6.07) is 10.4. The average Bonchev–Trinajstić information content (AvgIpc) is 2.98. The molecule has 5 rings (SSSR count). The number of benzene rings is 3. The molecule has 1 aliphatic heterocycles. The van der Waals surface area contributed by atoms with Gasteiger partial charge in [-0.15, -0.1) is 0 Å². The third-order valence-corrected chi connectivity index (χ3v) is 8.29. The Labute approximate surface area is 242 Å². The Morgan fingerprint density at radius 3 is 2.45 bits per heavy atom. The molecule has 0 atom stereocenters. The summed E-state index contributed by atoms with van der Waals surface area (Å²) in [5.41, 5.74) is 0.341. The van der Waals surface area contributed by atoms with E-state index in [1.54, 1.807) is 18.2 Å². The smallest absolute Gasteiger partial charge is 0.264 e. The van der Waals surface area contributed by atoms with Gasteiger partial charge in [-0.3, -0.25) is 9.71 Å². The summed E-state index contributed by atoms with van der Waals surface area (Å²) < 4.78 is 87.0. The highest BCUT2D eigenvalue weighted by atomic mass is 32.2. The fraction of sp³-hybridized carbons (Fsp3) is 0.300. The number of sulfonamides is 1. The summed E-state index contributed by atoms with van der Waals surface area (Å²) in [7, 11) is -3.00. The van der Waals surface area contributed by atoms with Crippen molar-refractivity contribution in [2.24, 2.45) is 0 Å². The van der Waals surface area contributed by atoms with Gasteiger partial charge in [-0.25, -0.2) is 21.6 Å². The molecule has 42 heavy (non-hydrogen) atoms. The highest BCUT2D eigenvalue weighted by molar-refractivity contribution is 7.92. The molecule has 1 saturated heterocycles. The summed E-state index contributed by atoms with van der Waals surface area (Å²) in [5, 5.41) is 0.542. The molecule has 0 bridgehead atoms. The van der Waals surface area contributed by atoms with Crippen LogP contribution in [-0.4, -0.2) is 51.7 Å². The molecule has 8 nitrogen and oxygen atoms in total. The minimum atomic E-state index is -4.52. The Bertz CT molecular complexity index is 1680. The lowest BCUT2D eigenvalue weighted by Crippen LogP contribution is -2.31. The zero-order chi connectivity index (χ0) is 29.7. The van der Waals surface area contributed by atoms with Crippen LogP contribution in [0.4, 0.5) is 18.9 Å². The molecule has 1 aromatic heterocycles. The molecule has 1 fully saturated rings. The molecule has 222 valence electrons. The Balaban J connectivity index is 1.30. The van der Waals surface area contributed by atoms with Crippen molar-refractivity contribution in [3.8, 4) is 23.0 Å². The van der Waals surface area contributed by atoms with Crippen LogP contribution in [0.1, 0.15) is 25.7 Å². The molecule has 0 spiro atoms. The molecule has 4 aromatic rings. The van der Waals surface area contributed by atoms with E-state index in [9.17, 15) is 17.2 Å². The number of likely N-dealkylation sites (tertiary alicyclic amines) is 1. The lowest BCUT2D eigenvalue weighted by molar-refractivity contribution is 0.203. The van der Waals surface area contributed by atoms with Crippen molar-refractivity contribution in [1.29, 1.82) is 0 Å². The second-order valence-corrected chi connectivity index (χ2v) is 11.5. The van der Waals surface area contributed by atoms with Crippen LogP contribution in [-0.2, 0) is 10.0 Å². The first-order valence-electron chi connectivity index (χ1n) is 13.5. The first-order valence-corrected chi connectivity index (χ1v) is 15.0. The molecule has 12 heteroatoms. The first kappa shape index (κ1) is 29.5. The van der Waals surface area contributed by atoms with Gasteiger partial charge < -0.3 is 19.1 Å². The third-order valence-electron chi connectivity index (χ3n) is 6.90. The molecule has 1 N–H and O–H groups in total. The maximum Gasteiger partial charge on any atom is 0.264 e. The Hall–Kier alpha value is -4.03. The number of hydrogen-bond donors (Lipinski definition) is 1. The van der Waals surface area contributed by atoms with Gasteiger partial charge in [-0.1, -0.05) is 6.42 Å². The zero-order valence-corrected chi connectivity index (χ0v) is 23.7. The minimum absolute atomic E-state index is 0.195. The van der Waals surface area contributed by atoms with Gasteiger partial charge in [0.15, 0.2) is 23.1 Å². The molecular formula is C30H30F3N3O5S. The fourth-order valence-electron chi connectivity index (χ4n) is 4.80. The molecule has 2 heterocycles. The van der Waals surface area contributed by atoms with Crippen LogP contribution in [0.25, 0.3) is 10.9 Å². The summed E-state index contributed by atoms with van der Waals surface area (Å²) >= 11 is 0. The highest BCUT2D eigenvalue weighted by Gasteiger charge is 2.21. The van der Waals surface area contributed by atoms with Crippen LogP contribution in [0, 0.1) is 17.5 Å². The number of methoxy groups -OCH3 is 1. The van der Waals surface area contributed by atoms with Gasteiger partial charge in [-0.2, -0.15) is 0 Å². The quantitative estimate of drug-likeness (QED) is 0.196. The number of anilines is 1. The molecule has 0 saturated carbocycles. The number of nitrogens with zero attached hydrogens (tertiary/aromatic N) is 2. The first-order chi connectivity index (χ1) is 20.2. The summed E-state index contributed by atoms with van der Waals surface area (Å²) in [4.78, 5) is 5.94. The van der Waals surface area contributed by atoms with Gasteiger partial charge in [0, 0.05) is 30.3 Å². The van der Waals surface area contributed by atoms with Crippen molar-refractivity contribution in [1.82, 2.24) is 9.88 Å². The van der Waals surface area contributed by atoms with Crippen LogP contribution in [0.5, 0.6) is 23.0 Å². The van der Waals surface area contributed by atoms with E-state index in [0.29, 0.717) is 41.1 Å². The van der Waals surface area contributed by atoms with Gasteiger partial charge in [0.05, 0.1) is 24.9 Å². The van der Waals surface area contributed by atoms with E-state index >= 15 is 4.39 Å². The number of ether oxygens (including phenoxy) is 3. The van der Waals surface area contributed by atoms with E-state index in [4.69, 9.17) is 14.2 Å². The molecule has 0 amide bonds. The summed E-state index contributed by atoms with van der Waals surface area (Å²) in [6.45, 7) is 3.74. The van der Waals surface area contributed by atoms with E-state index in [2.05, 4.69) is 14.6 Å². The number of hydrogen-bond acceptors (Lipinski definition) is 7. The van der Waals surface area contributed by atoms with E-state index in [-0.39, 0.29) is 17.2 Å². The SMILES string of the molecule is COc1cc2c(Oc3ccc(NS(=O)(=O)c4cc(F)ccc4F)cc3F)ccnc2cc1OCCCN1CCCCC1. The lowest BCUT2D eigenvalue weighted by Gasteiger charge is -2.26. The van der Waals surface area contributed by atoms with Gasteiger partial charge in [0.2, 0.25) is 0 Å². The number of rotatable bonds is 11. The van der Waals surface area contributed by atoms with Crippen molar-refractivity contribution < 1.29 is 35.8 Å². The predicted molar refractivity (Wildman–Crippen MR) is 152 cm³/mol. The second kappa shape index (κ2) is 12.9. The molecule has 0 unspecified atom stereocenters. The topological polar surface area (TPSA) is 90.0 Å². The summed E-state index contributed by atoms with van der Waals surface area (Å²) in [6.07, 6.45) is 6.15. The van der Waals surface area contributed by atoms with Crippen LogP contribution in [0.15, 0.2) is 65.7 Å². The largest absolute Gasteiger partial charge is 0.493 e. The lowest BCUT2D eigenvalue weighted by atomic mass is 10.1. The summed E-state index contributed by atoms with van der Waals surface area (Å²) in [5.74, 6) is -1.88. The average molecular weight is 602 g/mol. The van der Waals surface area contributed by atoms with Crippen molar-refractivity contribution in [2.45, 2.75) is 30.6 Å². The van der Waals surface area contributed by atoms with Crippen molar-refractivity contribution in [2.75, 3.05) is 38.1 Å². The van der Waals surface area contributed by atoms with Crippen LogP contribution in [0.3, 0.4) is 0 Å². The van der Waals surface area contributed by atoms with E-state index in [1.807, 2.05) is 0 Å². The van der Waals surface area contributed by atoms with Crippen molar-refractivity contribution >= 4 is 26.6 Å². The third kappa shape index (κ3) is 6.88. The van der Waals surface area contributed by atoms with Gasteiger partial charge in [0.1, 0.15) is 22.3 Å². The van der Waals surface area contributed by atoms with Crippen LogP contribution < -0.4 is 18.9 Å². The zero-order valence-electron chi connectivity index (χ0n) is 22.9. The molecule has 0 radical (unpaired) electrons. The van der Waals surface area contributed by atoms with Gasteiger partial charge >= 0.3 is 0 Å². The highest BCUT2D eigenvalue weighted by Crippen LogP contribution is 2.38. The minimum Gasteiger partial charge on any atom is -0.493 e. The Morgan fingerprint density at radius 1 is 0.881 bits per heavy atom. The number of piperidine rings is 1. The maximum atomic E-state index is 15.0. The number of aromatic nitrogens is 1. The number of pyridine rings is 1.